The van der Waals surface area contributed by atoms with Gasteiger partial charge in [0.2, 0.25) is 6.79 Å². The van der Waals surface area contributed by atoms with Gasteiger partial charge in [-0.05, 0) is 5.92 Å². The van der Waals surface area contributed by atoms with Crippen molar-refractivity contribution in [2.24, 2.45) is 17.1 Å². The number of ether oxygens (including phenoxy) is 3. The third-order valence-electron chi connectivity index (χ3n) is 4.65. The summed E-state index contributed by atoms with van der Waals surface area (Å²) >= 11 is 0. The highest BCUT2D eigenvalue weighted by atomic mass is 31.2. The van der Waals surface area contributed by atoms with Crippen molar-refractivity contribution in [1.29, 1.82) is 0 Å². The van der Waals surface area contributed by atoms with Crippen LogP contribution in [0, 0.1) is 11.3 Å². The van der Waals surface area contributed by atoms with E-state index < -0.39 is 56.5 Å². The Balaban J connectivity index is 2.41. The number of methoxy groups -OCH3 is 1. The average Bonchev–Trinajstić information content (AvgIpc) is 2.77. The van der Waals surface area contributed by atoms with E-state index in [4.69, 9.17) is 28.8 Å². The lowest BCUT2D eigenvalue weighted by Gasteiger charge is -2.36. The molecule has 0 saturated carbocycles. The smallest absolute Gasteiger partial charge is 0.469 e. The standard InChI is InChI=1S/C19H34N3O11P/c1-12(2)14(20)17(25)29-9-8-22-18(26)30-11-32-34(27)31-10-19(3,4)15(33-34)16(24)21-7-6-13(23)28-5/h12,14-15,27H,6-11,20H2,1-5H3,(H-,21,22,24,26)/p+1/t14-,15-,34?/m0/s1. The molecular weight excluding hydrogens is 477 g/mol. The number of carbonyl (C=O) groups excluding carboxylic acids is 4. The second-order valence-corrected chi connectivity index (χ2v) is 10.0. The van der Waals surface area contributed by atoms with Crippen molar-refractivity contribution in [2.45, 2.75) is 46.3 Å². The second-order valence-electron chi connectivity index (χ2n) is 8.38. The van der Waals surface area contributed by atoms with Crippen LogP contribution in [0.25, 0.3) is 0 Å². The SMILES string of the molecule is COC(=O)CCNC(=O)[C@@H]1O[P+](O)(OCOC(=O)NCCOC(=O)[C@@H](N)C(C)C)OCC1(C)C. The Morgan fingerprint density at radius 1 is 1.18 bits per heavy atom. The minimum atomic E-state index is -3.97. The monoisotopic (exact) mass is 512 g/mol. The fourth-order valence-electron chi connectivity index (χ4n) is 2.45. The maximum Gasteiger partial charge on any atom is 0.576 e. The van der Waals surface area contributed by atoms with Crippen LogP contribution in [0.3, 0.4) is 0 Å². The fraction of sp³-hybridized carbons (Fsp3) is 0.789. The molecule has 1 saturated heterocycles. The number of hydrogen-bond acceptors (Lipinski definition) is 12. The van der Waals surface area contributed by atoms with E-state index in [1.54, 1.807) is 27.7 Å². The summed E-state index contributed by atoms with van der Waals surface area (Å²) in [7, 11) is -2.74. The van der Waals surface area contributed by atoms with Gasteiger partial charge >= 0.3 is 26.2 Å². The molecular formula is C19H35N3O11P+. The van der Waals surface area contributed by atoms with Gasteiger partial charge in [-0.25, -0.2) is 4.79 Å². The van der Waals surface area contributed by atoms with E-state index in [0.717, 1.165) is 0 Å². The molecule has 1 rings (SSSR count). The molecule has 34 heavy (non-hydrogen) atoms. The molecule has 196 valence electrons. The molecule has 1 fully saturated rings. The minimum Gasteiger partial charge on any atom is -0.469 e. The van der Waals surface area contributed by atoms with Crippen molar-refractivity contribution in [3.63, 3.8) is 0 Å². The fourth-order valence-corrected chi connectivity index (χ4v) is 3.98. The summed E-state index contributed by atoms with van der Waals surface area (Å²) < 4.78 is 29.9. The van der Waals surface area contributed by atoms with E-state index in [9.17, 15) is 24.1 Å². The van der Waals surface area contributed by atoms with Crippen LogP contribution in [0.1, 0.15) is 34.1 Å². The lowest BCUT2D eigenvalue weighted by molar-refractivity contribution is -0.146. The molecule has 0 aliphatic carbocycles. The van der Waals surface area contributed by atoms with Crippen LogP contribution in [0.4, 0.5) is 4.79 Å². The summed E-state index contributed by atoms with van der Waals surface area (Å²) in [5.74, 6) is -1.74. The molecule has 0 spiro atoms. The molecule has 0 aromatic rings. The van der Waals surface area contributed by atoms with Gasteiger partial charge in [-0.15, -0.1) is 9.05 Å². The van der Waals surface area contributed by atoms with Crippen molar-refractivity contribution in [2.75, 3.05) is 40.2 Å². The van der Waals surface area contributed by atoms with Gasteiger partial charge in [-0.3, -0.25) is 14.4 Å². The number of nitrogens with two attached hydrogens (primary N) is 1. The Bertz CT molecular complexity index is 722. The largest absolute Gasteiger partial charge is 0.576 e. The lowest BCUT2D eigenvalue weighted by Crippen LogP contribution is -2.50. The van der Waals surface area contributed by atoms with Gasteiger partial charge in [0.25, 0.3) is 5.91 Å². The molecule has 0 aromatic heterocycles. The summed E-state index contributed by atoms with van der Waals surface area (Å²) in [4.78, 5) is 57.5. The van der Waals surface area contributed by atoms with Gasteiger partial charge in [-0.2, -0.15) is 9.42 Å². The maximum absolute atomic E-state index is 12.5. The lowest BCUT2D eigenvalue weighted by atomic mass is 9.87. The van der Waals surface area contributed by atoms with E-state index in [0.29, 0.717) is 0 Å². The van der Waals surface area contributed by atoms with Crippen LogP contribution in [0.2, 0.25) is 0 Å². The van der Waals surface area contributed by atoms with Crippen molar-refractivity contribution in [3.05, 3.63) is 0 Å². The number of amides is 2. The van der Waals surface area contributed by atoms with Gasteiger partial charge in [0, 0.05) is 12.0 Å². The van der Waals surface area contributed by atoms with Gasteiger partial charge < -0.3 is 30.6 Å². The van der Waals surface area contributed by atoms with Crippen molar-refractivity contribution in [1.82, 2.24) is 10.6 Å². The highest BCUT2D eigenvalue weighted by Crippen LogP contribution is 2.63. The Morgan fingerprint density at radius 2 is 1.85 bits per heavy atom. The molecule has 1 aliphatic heterocycles. The first-order chi connectivity index (χ1) is 15.8. The maximum atomic E-state index is 12.5. The van der Waals surface area contributed by atoms with Crippen LogP contribution in [-0.2, 0) is 42.2 Å². The number of hydrogen-bond donors (Lipinski definition) is 4. The minimum absolute atomic E-state index is 0.0159. The molecule has 1 unspecified atom stereocenters. The number of alkyl carbamates (subject to hydrolysis) is 1. The van der Waals surface area contributed by atoms with Crippen molar-refractivity contribution >= 4 is 32.1 Å². The highest BCUT2D eigenvalue weighted by Gasteiger charge is 2.59. The van der Waals surface area contributed by atoms with E-state index in [-0.39, 0.29) is 38.6 Å². The molecule has 1 aliphatic rings. The molecule has 2 amide bonds. The number of rotatable bonds is 12. The van der Waals surface area contributed by atoms with Gasteiger partial charge in [0.15, 0.2) is 6.10 Å². The average molecular weight is 512 g/mol. The zero-order chi connectivity index (χ0) is 25.9. The number of carbonyl (C=O) groups is 4. The summed E-state index contributed by atoms with van der Waals surface area (Å²) in [6.45, 7) is 5.98. The normalized spacial score (nSPS) is 22.4. The molecule has 0 aromatic carbocycles. The van der Waals surface area contributed by atoms with E-state index in [1.165, 1.54) is 7.11 Å². The summed E-state index contributed by atoms with van der Waals surface area (Å²) in [6, 6.07) is -0.760. The van der Waals surface area contributed by atoms with E-state index in [1.807, 2.05) is 0 Å². The quantitative estimate of drug-likeness (QED) is 0.0900. The summed E-state index contributed by atoms with van der Waals surface area (Å²) in [5, 5.41) is 4.85. The Morgan fingerprint density at radius 3 is 2.47 bits per heavy atom. The van der Waals surface area contributed by atoms with Crippen LogP contribution >= 0.6 is 8.17 Å². The van der Waals surface area contributed by atoms with Gasteiger partial charge in [-0.1, -0.05) is 27.7 Å². The molecule has 14 nitrogen and oxygen atoms in total. The number of esters is 2. The van der Waals surface area contributed by atoms with E-state index in [2.05, 4.69) is 15.4 Å². The van der Waals surface area contributed by atoms with Crippen molar-refractivity contribution in [3.8, 4) is 0 Å². The van der Waals surface area contributed by atoms with Gasteiger partial charge in [0.05, 0.1) is 20.1 Å². The Hall–Kier alpha value is -2.09. The van der Waals surface area contributed by atoms with E-state index >= 15 is 0 Å². The zero-order valence-corrected chi connectivity index (χ0v) is 20.9. The van der Waals surface area contributed by atoms with Gasteiger partial charge in [0.1, 0.15) is 19.3 Å². The first-order valence-corrected chi connectivity index (χ1v) is 12.1. The molecule has 15 heteroatoms. The van der Waals surface area contributed by atoms with Crippen molar-refractivity contribution < 1.29 is 51.9 Å². The Kier molecular flexibility index (Phi) is 12.1. The Labute approximate surface area is 198 Å². The summed E-state index contributed by atoms with van der Waals surface area (Å²) in [6.07, 6.45) is -2.10. The van der Waals surface area contributed by atoms with Crippen LogP contribution in [-0.4, -0.2) is 81.2 Å². The first kappa shape index (κ1) is 29.9. The third-order valence-corrected chi connectivity index (χ3v) is 6.02. The first-order valence-electron chi connectivity index (χ1n) is 10.6. The predicted octanol–water partition coefficient (Wildman–Crippen LogP) is 0.00400. The molecule has 0 bridgehead atoms. The van der Waals surface area contributed by atoms with Crippen LogP contribution < -0.4 is 16.4 Å². The van der Waals surface area contributed by atoms with Crippen LogP contribution in [0.5, 0.6) is 0 Å². The zero-order valence-electron chi connectivity index (χ0n) is 20.0. The molecule has 1 heterocycles. The topological polar surface area (TPSA) is 194 Å². The number of nitrogens with one attached hydrogen (secondary N) is 2. The molecule has 5 N–H and O–H groups in total. The highest BCUT2D eigenvalue weighted by molar-refractivity contribution is 7.55. The molecule has 0 radical (unpaired) electrons. The van der Waals surface area contributed by atoms with Crippen LogP contribution in [0.15, 0.2) is 0 Å². The summed E-state index contributed by atoms with van der Waals surface area (Å²) in [5.41, 5.74) is 4.83. The predicted molar refractivity (Wildman–Crippen MR) is 118 cm³/mol. The second kappa shape index (κ2) is 13.7. The third kappa shape index (κ3) is 10.0. The molecule has 3 atom stereocenters.